The van der Waals surface area contributed by atoms with E-state index in [4.69, 9.17) is 0 Å². The van der Waals surface area contributed by atoms with Crippen LogP contribution in [0, 0.1) is 179 Å². The van der Waals surface area contributed by atoms with Crippen LogP contribution in [-0.4, -0.2) is 0 Å². The van der Waals surface area contributed by atoms with Gasteiger partial charge in [0, 0.05) is 0 Å². The van der Waals surface area contributed by atoms with E-state index in [2.05, 4.69) is 193 Å². The van der Waals surface area contributed by atoms with Crippen LogP contribution in [0.25, 0.3) is 0 Å². The smallest absolute Gasteiger partial charge is 0.0176 e. The third kappa shape index (κ3) is 25.5. The lowest BCUT2D eigenvalue weighted by atomic mass is 9.58. The zero-order valence-electron chi connectivity index (χ0n) is 75.3. The highest BCUT2D eigenvalue weighted by Gasteiger charge is 2.50. The largest absolute Gasteiger partial charge is 0.0814 e. The Hall–Kier alpha value is -0.520. The third-order valence-electron chi connectivity index (χ3n) is 34.4. The highest BCUT2D eigenvalue weighted by molar-refractivity contribution is 5.26. The fraction of sp³-hybridized carbons (Fsp3) is 0.961. The Kier molecular flexibility index (Phi) is 29.6. The predicted octanol–water partition coefficient (Wildman–Crippen LogP) is 33.3. The van der Waals surface area contributed by atoms with E-state index < -0.39 is 0 Å². The Morgan fingerprint density at radius 2 is 0.476 bits per heavy atom. The molecule has 17 rings (SSSR count). The summed E-state index contributed by atoms with van der Waals surface area (Å²) in [6.45, 7) is 64.8. The van der Waals surface area contributed by atoms with E-state index in [0.717, 1.165) is 130 Å². The second-order valence-electron chi connectivity index (χ2n) is 50.6. The first-order valence-corrected chi connectivity index (χ1v) is 47.1. The van der Waals surface area contributed by atoms with Crippen molar-refractivity contribution in [1.82, 2.24) is 0 Å². The summed E-state index contributed by atoms with van der Waals surface area (Å²) in [4.78, 5) is 0. The molecule has 0 aromatic heterocycles. The van der Waals surface area contributed by atoms with Crippen LogP contribution in [-0.2, 0) is 0 Å². The summed E-state index contributed by atoms with van der Waals surface area (Å²) in [6.07, 6.45) is 64.3. The molecule has 16 unspecified atom stereocenters. The summed E-state index contributed by atoms with van der Waals surface area (Å²) in [5.74, 6) is 23.6. The van der Waals surface area contributed by atoms with E-state index in [0.29, 0.717) is 48.7 Å². The molecule has 0 aromatic carbocycles. The Labute approximate surface area is 648 Å². The lowest BCUT2D eigenvalue weighted by Crippen LogP contribution is -2.37. The standard InChI is InChI=1S/C14H26.2C12H22.C12H20.2C11H20.C11H18.C10H18.C10H20/c1-14(2,3)13-9-7-11-5-4-6-12(11)8-10-13;1-12(2,3)11-7-6-9-4-5-10(9)8-11;2*1-12(2,3)11-7-9-5-4-6-10(9)8-11;1-11(2,3)10-5-4-8-6-9(8)7-10;2*1-11(2,3)10-6-8-4-5-9(8)7-10;1-10(2,3)9-5-7-4-8(7)6-9;1-10(2,3)9-7-5-4-6-8-9/h11-13H,4-10H2,1-3H3;2*9-11H,4-8H2,1-3H3;11H,4-8H2,1-3H3;2*8-10H,4-7H2,1-3H3;6,9-10H,4-5,7H2,1-3H3;7-9H,4-6H2,1-3H3;9H,4-8H2,1-3H3. The van der Waals surface area contributed by atoms with Crippen LogP contribution in [0.4, 0.5) is 0 Å². The first-order valence-electron chi connectivity index (χ1n) is 47.1. The number of allylic oxidation sites excluding steroid dienone is 4. The lowest BCUT2D eigenvalue weighted by Gasteiger charge is -2.47. The molecule has 14 saturated carbocycles. The van der Waals surface area contributed by atoms with Gasteiger partial charge in [-0.25, -0.2) is 0 Å². The zero-order chi connectivity index (χ0) is 75.6. The Bertz CT molecular complexity index is 2470. The van der Waals surface area contributed by atoms with Crippen molar-refractivity contribution in [3.63, 3.8) is 0 Å². The molecule has 0 heteroatoms. The zero-order valence-corrected chi connectivity index (χ0v) is 75.3. The minimum Gasteiger partial charge on any atom is -0.0814 e. The molecular formula is C103H186. The Morgan fingerprint density at radius 3 is 0.796 bits per heavy atom. The second kappa shape index (κ2) is 35.3. The summed E-state index contributed by atoms with van der Waals surface area (Å²) in [7, 11) is 0. The van der Waals surface area contributed by atoms with Gasteiger partial charge in [-0.15, -0.1) is 0 Å². The van der Waals surface area contributed by atoms with Crippen LogP contribution in [0.1, 0.15) is 450 Å². The topological polar surface area (TPSA) is 0 Å². The molecule has 0 aliphatic heterocycles. The molecule has 17 aliphatic rings. The molecule has 0 radical (unpaired) electrons. The molecule has 0 nitrogen and oxygen atoms in total. The monoisotopic (exact) mass is 1420 g/mol. The molecule has 598 valence electrons. The van der Waals surface area contributed by atoms with E-state index in [9.17, 15) is 0 Å². The first kappa shape index (κ1) is 86.5. The van der Waals surface area contributed by atoms with Gasteiger partial charge in [-0.2, -0.15) is 0 Å². The highest BCUT2D eigenvalue weighted by atomic mass is 14.6. The molecule has 0 bridgehead atoms. The summed E-state index contributed by atoms with van der Waals surface area (Å²) >= 11 is 0. The van der Waals surface area contributed by atoms with E-state index in [-0.39, 0.29) is 0 Å². The van der Waals surface area contributed by atoms with Crippen LogP contribution >= 0.6 is 0 Å². The van der Waals surface area contributed by atoms with Crippen molar-refractivity contribution in [3.05, 3.63) is 22.8 Å². The highest BCUT2D eigenvalue weighted by Crippen LogP contribution is 2.60. The van der Waals surface area contributed by atoms with Gasteiger partial charge < -0.3 is 0 Å². The van der Waals surface area contributed by atoms with E-state index in [1.807, 2.05) is 11.1 Å². The van der Waals surface area contributed by atoms with Gasteiger partial charge in [0.15, 0.2) is 0 Å². The molecule has 17 aliphatic carbocycles. The summed E-state index contributed by atoms with van der Waals surface area (Å²) in [5, 5.41) is 0. The number of fused-ring (bicyclic) bond motifs is 7. The van der Waals surface area contributed by atoms with Gasteiger partial charge in [0.05, 0.1) is 0 Å². The number of hydrogen-bond donors (Lipinski definition) is 0. The summed E-state index contributed by atoms with van der Waals surface area (Å²) in [5.41, 5.74) is 10.5. The normalized spacial score (nSPS) is 37.8. The number of rotatable bonds is 0. The van der Waals surface area contributed by atoms with Crippen LogP contribution in [0.15, 0.2) is 22.8 Å². The van der Waals surface area contributed by atoms with Gasteiger partial charge in [0.2, 0.25) is 0 Å². The van der Waals surface area contributed by atoms with Crippen molar-refractivity contribution in [3.8, 4) is 0 Å². The van der Waals surface area contributed by atoms with Gasteiger partial charge in [-0.3, -0.25) is 0 Å². The maximum Gasteiger partial charge on any atom is -0.0176 e. The second-order valence-corrected chi connectivity index (χ2v) is 50.6. The molecule has 0 amide bonds. The summed E-state index contributed by atoms with van der Waals surface area (Å²) < 4.78 is 0. The van der Waals surface area contributed by atoms with Crippen LogP contribution in [0.2, 0.25) is 0 Å². The van der Waals surface area contributed by atoms with Crippen molar-refractivity contribution < 1.29 is 0 Å². The van der Waals surface area contributed by atoms with Crippen LogP contribution < -0.4 is 0 Å². The molecule has 0 N–H and O–H groups in total. The minimum atomic E-state index is 0.504. The van der Waals surface area contributed by atoms with E-state index >= 15 is 0 Å². The molecule has 0 spiro atoms. The molecule has 0 saturated heterocycles. The van der Waals surface area contributed by atoms with E-state index in [1.54, 1.807) is 37.7 Å². The SMILES string of the molecule is CC(C)(C)C1C=C2CCC2C1.CC(C)(C)C1CC2=C(CCC2)C1.CC(C)(C)C1CC2CC2C1.CC(C)(C)C1CC2CCC2C1.CC(C)(C)C1CC2CCCC2C1.CC(C)(C)C1CCC2CC2C1.CC(C)(C)C1CCC2CCC2C1.CC(C)(C)C1CCC2CCCC2CC1.CC(C)(C)C1CCCCC1. The Balaban J connectivity index is 0.000000135. The fourth-order valence-corrected chi connectivity index (χ4v) is 24.7. The Morgan fingerprint density at radius 1 is 0.194 bits per heavy atom. The average molecular weight is 1420 g/mol. The molecule has 16 atom stereocenters. The quantitative estimate of drug-likeness (QED) is 0.212. The van der Waals surface area contributed by atoms with Gasteiger partial charge in [0.1, 0.15) is 0 Å². The average Bonchev–Trinajstić information content (AvgIpc) is 1.72. The third-order valence-corrected chi connectivity index (χ3v) is 34.4. The maximum absolute atomic E-state index is 2.55. The van der Waals surface area contributed by atoms with Crippen LogP contribution in [0.3, 0.4) is 0 Å². The molecule has 14 fully saturated rings. The predicted molar refractivity (Wildman–Crippen MR) is 456 cm³/mol. The number of hydrogen-bond acceptors (Lipinski definition) is 0. The van der Waals surface area contributed by atoms with E-state index in [1.165, 1.54) is 231 Å². The molecular weight excluding hydrogens is 1240 g/mol. The first-order chi connectivity index (χ1) is 47.7. The van der Waals surface area contributed by atoms with Crippen LogP contribution in [0.5, 0.6) is 0 Å². The fourth-order valence-electron chi connectivity index (χ4n) is 24.7. The maximum atomic E-state index is 2.55. The van der Waals surface area contributed by atoms with Crippen molar-refractivity contribution >= 4 is 0 Å². The van der Waals surface area contributed by atoms with Gasteiger partial charge >= 0.3 is 0 Å². The molecule has 0 aromatic rings. The molecule has 0 heterocycles. The summed E-state index contributed by atoms with van der Waals surface area (Å²) in [6, 6.07) is 0. The van der Waals surface area contributed by atoms with Crippen molar-refractivity contribution in [2.75, 3.05) is 0 Å². The van der Waals surface area contributed by atoms with Gasteiger partial charge in [0.25, 0.3) is 0 Å². The molecule has 103 heavy (non-hydrogen) atoms. The van der Waals surface area contributed by atoms with Crippen molar-refractivity contribution in [1.29, 1.82) is 0 Å². The minimum absolute atomic E-state index is 0.504. The lowest BCUT2D eigenvalue weighted by molar-refractivity contribution is 0.0356. The van der Waals surface area contributed by atoms with Crippen molar-refractivity contribution in [2.24, 2.45) is 179 Å². The van der Waals surface area contributed by atoms with Gasteiger partial charge in [-0.05, 0) is 384 Å². The van der Waals surface area contributed by atoms with Crippen molar-refractivity contribution in [2.45, 2.75) is 450 Å². The van der Waals surface area contributed by atoms with Gasteiger partial charge in [-0.1, -0.05) is 268 Å².